The van der Waals surface area contributed by atoms with Gasteiger partial charge in [0.25, 0.3) is 0 Å². The molecule has 7 heteroatoms. The molecule has 1 aromatic heterocycles. The van der Waals surface area contributed by atoms with Gasteiger partial charge >= 0.3 is 0 Å². The Morgan fingerprint density at radius 2 is 1.96 bits per heavy atom. The second-order valence-corrected chi connectivity index (χ2v) is 6.54. The summed E-state index contributed by atoms with van der Waals surface area (Å²) in [5.41, 5.74) is 1.05. The van der Waals surface area contributed by atoms with Crippen LogP contribution in [0.25, 0.3) is 0 Å². The van der Waals surface area contributed by atoms with Crippen molar-refractivity contribution < 1.29 is 14.3 Å². The quantitative estimate of drug-likeness (QED) is 0.778. The minimum atomic E-state index is -0.0611. The molecule has 124 valence electrons. The van der Waals surface area contributed by atoms with Crippen LogP contribution in [0.1, 0.15) is 12.0 Å². The molecule has 4 rings (SSSR count). The highest BCUT2D eigenvalue weighted by Crippen LogP contribution is 2.34. The van der Waals surface area contributed by atoms with Crippen molar-refractivity contribution in [1.82, 2.24) is 14.9 Å². The normalized spacial score (nSPS) is 30.6. The van der Waals surface area contributed by atoms with Gasteiger partial charge in [0.1, 0.15) is 0 Å². The number of carbonyl (C=O) groups excluding carboxylic acids is 1. The average Bonchev–Trinajstić information content (AvgIpc) is 2.89. The lowest BCUT2D eigenvalue weighted by molar-refractivity contribution is -0.141. The summed E-state index contributed by atoms with van der Waals surface area (Å²) in [5.74, 6) is 0.898. The first-order valence-electron chi connectivity index (χ1n) is 8.26. The number of anilines is 1. The van der Waals surface area contributed by atoms with Crippen molar-refractivity contribution in [2.45, 2.75) is 25.6 Å². The summed E-state index contributed by atoms with van der Waals surface area (Å²) < 4.78 is 11.4. The number of hydrogen-bond acceptors (Lipinski definition) is 6. The maximum Gasteiger partial charge on any atom is 0.228 e. The van der Waals surface area contributed by atoms with Gasteiger partial charge in [-0.15, -0.1) is 0 Å². The van der Waals surface area contributed by atoms with E-state index in [1.54, 1.807) is 0 Å². The summed E-state index contributed by atoms with van der Waals surface area (Å²) in [7, 11) is 0. The van der Waals surface area contributed by atoms with E-state index in [9.17, 15) is 4.79 Å². The minimum Gasteiger partial charge on any atom is -0.378 e. The number of ether oxygens (including phenoxy) is 2. The topological polar surface area (TPSA) is 67.8 Å². The van der Waals surface area contributed by atoms with Crippen molar-refractivity contribution >= 4 is 11.9 Å². The van der Waals surface area contributed by atoms with E-state index >= 15 is 0 Å². The largest absolute Gasteiger partial charge is 0.378 e. The average molecular weight is 318 g/mol. The van der Waals surface area contributed by atoms with Gasteiger partial charge in [-0.2, -0.15) is 0 Å². The molecule has 2 bridgehead atoms. The van der Waals surface area contributed by atoms with Gasteiger partial charge in [0.05, 0.1) is 31.3 Å². The van der Waals surface area contributed by atoms with Crippen LogP contribution in [0.3, 0.4) is 0 Å². The fourth-order valence-corrected chi connectivity index (χ4v) is 3.65. The predicted molar refractivity (Wildman–Crippen MR) is 83.1 cm³/mol. The Labute approximate surface area is 135 Å². The number of aromatic nitrogens is 2. The van der Waals surface area contributed by atoms with Crippen molar-refractivity contribution in [3.05, 3.63) is 18.0 Å². The monoisotopic (exact) mass is 318 g/mol. The highest BCUT2D eigenvalue weighted by molar-refractivity contribution is 5.80. The Bertz CT molecular complexity index is 573. The van der Waals surface area contributed by atoms with E-state index in [0.29, 0.717) is 32.8 Å². The highest BCUT2D eigenvalue weighted by atomic mass is 16.5. The summed E-state index contributed by atoms with van der Waals surface area (Å²) >= 11 is 0. The molecule has 0 N–H and O–H groups in total. The van der Waals surface area contributed by atoms with Crippen LogP contribution in [-0.4, -0.2) is 72.4 Å². The van der Waals surface area contributed by atoms with E-state index in [2.05, 4.69) is 14.9 Å². The van der Waals surface area contributed by atoms with Gasteiger partial charge in [-0.05, 0) is 18.9 Å². The standard InChI is InChI=1S/C16H22N4O3/c1-11-7-17-16(18-8-11)20-9-12-6-13(14(10-20)23-12)15(21)19-2-4-22-5-3-19/h7-8,12-14H,2-6,9-10H2,1H3/t12-,13+,14-/m1/s1. The third-order valence-electron chi connectivity index (χ3n) is 4.85. The van der Waals surface area contributed by atoms with Crippen molar-refractivity contribution in [2.75, 3.05) is 44.3 Å². The van der Waals surface area contributed by atoms with E-state index < -0.39 is 0 Å². The lowest BCUT2D eigenvalue weighted by Crippen LogP contribution is -2.48. The number of carbonyl (C=O) groups is 1. The van der Waals surface area contributed by atoms with E-state index in [4.69, 9.17) is 9.47 Å². The molecule has 3 aliphatic rings. The molecule has 4 heterocycles. The van der Waals surface area contributed by atoms with Crippen LogP contribution in [0.4, 0.5) is 5.95 Å². The molecule has 1 aromatic rings. The minimum absolute atomic E-state index is 0.0476. The molecule has 3 saturated heterocycles. The Balaban J connectivity index is 1.45. The van der Waals surface area contributed by atoms with Gasteiger partial charge in [-0.3, -0.25) is 4.79 Å². The molecule has 0 saturated carbocycles. The first-order valence-corrected chi connectivity index (χ1v) is 8.26. The van der Waals surface area contributed by atoms with Gasteiger partial charge in [0.15, 0.2) is 0 Å². The number of amides is 1. The van der Waals surface area contributed by atoms with Crippen LogP contribution < -0.4 is 4.90 Å². The van der Waals surface area contributed by atoms with Crippen molar-refractivity contribution in [2.24, 2.45) is 5.92 Å². The van der Waals surface area contributed by atoms with Crippen LogP contribution >= 0.6 is 0 Å². The predicted octanol–water partition coefficient (Wildman–Crippen LogP) is 0.238. The summed E-state index contributed by atoms with van der Waals surface area (Å²) in [6.45, 7) is 6.07. The maximum atomic E-state index is 12.8. The summed E-state index contributed by atoms with van der Waals surface area (Å²) in [6.07, 6.45) is 4.48. The van der Waals surface area contributed by atoms with E-state index in [0.717, 1.165) is 24.5 Å². The summed E-state index contributed by atoms with van der Waals surface area (Å²) in [4.78, 5) is 25.6. The number of morpholine rings is 2. The SMILES string of the molecule is Cc1cnc(N2C[C@H]3C[C@H](C(=O)N4CCOCC4)[C@@H](C2)O3)nc1. The summed E-state index contributed by atoms with van der Waals surface area (Å²) in [5, 5.41) is 0. The summed E-state index contributed by atoms with van der Waals surface area (Å²) in [6, 6.07) is 0. The molecule has 0 aromatic carbocycles. The third kappa shape index (κ3) is 2.90. The molecular weight excluding hydrogens is 296 g/mol. The first-order chi connectivity index (χ1) is 11.2. The zero-order chi connectivity index (χ0) is 15.8. The van der Waals surface area contributed by atoms with E-state index in [1.807, 2.05) is 24.2 Å². The molecular formula is C16H22N4O3. The second-order valence-electron chi connectivity index (χ2n) is 6.54. The molecule has 23 heavy (non-hydrogen) atoms. The molecule has 7 nitrogen and oxygen atoms in total. The van der Waals surface area contributed by atoms with Crippen molar-refractivity contribution in [3.8, 4) is 0 Å². The van der Waals surface area contributed by atoms with Crippen LogP contribution in [0.5, 0.6) is 0 Å². The molecule has 3 aliphatic heterocycles. The van der Waals surface area contributed by atoms with Crippen molar-refractivity contribution in [3.63, 3.8) is 0 Å². The molecule has 0 spiro atoms. The first kappa shape index (κ1) is 14.8. The van der Waals surface area contributed by atoms with Crippen LogP contribution in [-0.2, 0) is 14.3 Å². The van der Waals surface area contributed by atoms with Gasteiger partial charge in [0.2, 0.25) is 11.9 Å². The number of aryl methyl sites for hydroxylation is 1. The smallest absolute Gasteiger partial charge is 0.228 e. The number of nitrogens with zero attached hydrogens (tertiary/aromatic N) is 4. The zero-order valence-electron chi connectivity index (χ0n) is 13.4. The molecule has 1 amide bonds. The fraction of sp³-hybridized carbons (Fsp3) is 0.688. The number of hydrogen-bond donors (Lipinski definition) is 0. The fourth-order valence-electron chi connectivity index (χ4n) is 3.65. The lowest BCUT2D eigenvalue weighted by atomic mass is 9.98. The van der Waals surface area contributed by atoms with Gasteiger partial charge in [0, 0.05) is 38.6 Å². The highest BCUT2D eigenvalue weighted by Gasteiger charge is 2.46. The molecule has 0 aliphatic carbocycles. The molecule has 0 radical (unpaired) electrons. The van der Waals surface area contributed by atoms with Gasteiger partial charge < -0.3 is 19.3 Å². The van der Waals surface area contributed by atoms with E-state index in [1.165, 1.54) is 0 Å². The van der Waals surface area contributed by atoms with Crippen LogP contribution in [0, 0.1) is 12.8 Å². The lowest BCUT2D eigenvalue weighted by Gasteiger charge is -2.34. The zero-order valence-corrected chi connectivity index (χ0v) is 13.4. The molecule has 3 atom stereocenters. The maximum absolute atomic E-state index is 12.8. The van der Waals surface area contributed by atoms with Crippen molar-refractivity contribution in [1.29, 1.82) is 0 Å². The third-order valence-corrected chi connectivity index (χ3v) is 4.85. The Morgan fingerprint density at radius 1 is 1.22 bits per heavy atom. The Kier molecular flexibility index (Phi) is 3.90. The van der Waals surface area contributed by atoms with E-state index in [-0.39, 0.29) is 24.0 Å². The Morgan fingerprint density at radius 3 is 2.70 bits per heavy atom. The van der Waals surface area contributed by atoms with Crippen LogP contribution in [0.2, 0.25) is 0 Å². The van der Waals surface area contributed by atoms with Gasteiger partial charge in [-0.1, -0.05) is 0 Å². The number of rotatable bonds is 2. The Hall–Kier alpha value is -1.73. The molecule has 3 fully saturated rings. The molecule has 0 unspecified atom stereocenters. The van der Waals surface area contributed by atoms with Gasteiger partial charge in [-0.25, -0.2) is 9.97 Å². The number of fused-ring (bicyclic) bond motifs is 2. The second kappa shape index (κ2) is 6.05. The van der Waals surface area contributed by atoms with Crippen LogP contribution in [0.15, 0.2) is 12.4 Å².